The van der Waals surface area contributed by atoms with Crippen LogP contribution in [0.2, 0.25) is 0 Å². The average molecular weight is 265 g/mol. The Kier molecular flexibility index (Phi) is 3.25. The number of fused-ring (bicyclic) bond motifs is 1. The molecule has 98 valence electrons. The number of rotatable bonds is 3. The van der Waals surface area contributed by atoms with E-state index in [1.807, 2.05) is 36.4 Å². The topological polar surface area (TPSA) is 30.0 Å². The molecule has 1 aromatic heterocycles. The molecule has 3 aromatic rings. The second-order valence-electron chi connectivity index (χ2n) is 4.64. The number of carbonyl (C=O) groups excluding carboxylic acids is 1. The van der Waals surface area contributed by atoms with Crippen molar-refractivity contribution in [2.24, 2.45) is 0 Å². The molecule has 0 unspecified atom stereocenters. The van der Waals surface area contributed by atoms with Gasteiger partial charge in [0.15, 0.2) is 0 Å². The minimum Gasteiger partial charge on any atom is -0.298 e. The Morgan fingerprint density at radius 1 is 1.05 bits per heavy atom. The van der Waals surface area contributed by atoms with Crippen LogP contribution in [-0.2, 0) is 6.42 Å². The fourth-order valence-corrected chi connectivity index (χ4v) is 2.18. The molecule has 3 rings (SSSR count). The lowest BCUT2D eigenvalue weighted by Gasteiger charge is -2.05. The zero-order valence-corrected chi connectivity index (χ0v) is 10.7. The summed E-state index contributed by atoms with van der Waals surface area (Å²) < 4.78 is 13.9. The van der Waals surface area contributed by atoms with Crippen molar-refractivity contribution in [1.82, 2.24) is 4.98 Å². The first-order valence-electron chi connectivity index (χ1n) is 6.34. The number of aromatic nitrogens is 1. The molecule has 0 spiro atoms. The van der Waals surface area contributed by atoms with Crippen molar-refractivity contribution in [3.8, 4) is 0 Å². The first-order chi connectivity index (χ1) is 9.76. The second kappa shape index (κ2) is 5.21. The predicted molar refractivity (Wildman–Crippen MR) is 76.3 cm³/mol. The van der Waals surface area contributed by atoms with Crippen LogP contribution in [0.3, 0.4) is 0 Å². The molecule has 3 heteroatoms. The van der Waals surface area contributed by atoms with Gasteiger partial charge in [-0.3, -0.25) is 9.78 Å². The maximum Gasteiger partial charge on any atom is 0.150 e. The Morgan fingerprint density at radius 2 is 1.90 bits per heavy atom. The summed E-state index contributed by atoms with van der Waals surface area (Å²) in [4.78, 5) is 15.1. The molecular weight excluding hydrogens is 253 g/mol. The predicted octanol–water partition coefficient (Wildman–Crippen LogP) is 3.78. The van der Waals surface area contributed by atoms with Gasteiger partial charge in [-0.15, -0.1) is 0 Å². The molecule has 20 heavy (non-hydrogen) atoms. The summed E-state index contributed by atoms with van der Waals surface area (Å²) in [7, 11) is 0. The Morgan fingerprint density at radius 3 is 2.70 bits per heavy atom. The number of para-hydroxylation sites is 1. The average Bonchev–Trinajstić information content (AvgIpc) is 2.49. The quantitative estimate of drug-likeness (QED) is 0.675. The second-order valence-corrected chi connectivity index (χ2v) is 4.64. The van der Waals surface area contributed by atoms with Crippen LogP contribution in [0.1, 0.15) is 21.6 Å². The first kappa shape index (κ1) is 12.5. The fraction of sp³-hybridized carbons (Fsp3) is 0.0588. The zero-order chi connectivity index (χ0) is 13.9. The Labute approximate surface area is 115 Å². The van der Waals surface area contributed by atoms with Gasteiger partial charge in [0, 0.05) is 23.1 Å². The summed E-state index contributed by atoms with van der Waals surface area (Å²) in [5, 5.41) is 1.06. The molecule has 0 bridgehead atoms. The van der Waals surface area contributed by atoms with E-state index in [-0.39, 0.29) is 5.82 Å². The lowest BCUT2D eigenvalue weighted by molar-refractivity contribution is 0.112. The molecule has 0 N–H and O–H groups in total. The smallest absolute Gasteiger partial charge is 0.150 e. The molecule has 0 radical (unpaired) electrons. The fourth-order valence-electron chi connectivity index (χ4n) is 2.18. The van der Waals surface area contributed by atoms with Crippen molar-refractivity contribution in [3.05, 3.63) is 77.2 Å². The first-order valence-corrected chi connectivity index (χ1v) is 6.34. The lowest BCUT2D eigenvalue weighted by Crippen LogP contribution is -1.97. The molecule has 2 nitrogen and oxygen atoms in total. The highest BCUT2D eigenvalue weighted by molar-refractivity contribution is 5.78. The Hall–Kier alpha value is -2.55. The standard InChI is InChI=1S/C17H12FNO/c18-16-9-12(11-20)5-6-14(16)10-15-8-7-13-3-1-2-4-17(13)19-15/h1-9,11H,10H2. The van der Waals surface area contributed by atoms with Crippen LogP contribution >= 0.6 is 0 Å². The molecule has 0 aliphatic carbocycles. The summed E-state index contributed by atoms with van der Waals surface area (Å²) in [5.74, 6) is -0.371. The van der Waals surface area contributed by atoms with E-state index in [4.69, 9.17) is 0 Å². The van der Waals surface area contributed by atoms with Crippen LogP contribution in [0.4, 0.5) is 4.39 Å². The van der Waals surface area contributed by atoms with Crippen LogP contribution in [0.15, 0.2) is 54.6 Å². The molecular formula is C17H12FNO. The van der Waals surface area contributed by atoms with E-state index in [9.17, 15) is 9.18 Å². The number of carbonyl (C=O) groups is 1. The van der Waals surface area contributed by atoms with Gasteiger partial charge in [0.05, 0.1) is 5.52 Å². The van der Waals surface area contributed by atoms with Crippen molar-refractivity contribution < 1.29 is 9.18 Å². The molecule has 2 aromatic carbocycles. The van der Waals surface area contributed by atoms with Crippen LogP contribution in [-0.4, -0.2) is 11.3 Å². The van der Waals surface area contributed by atoms with Crippen molar-refractivity contribution in [3.63, 3.8) is 0 Å². The van der Waals surface area contributed by atoms with Crippen LogP contribution in [0.5, 0.6) is 0 Å². The summed E-state index contributed by atoms with van der Waals surface area (Å²) >= 11 is 0. The van der Waals surface area contributed by atoms with Gasteiger partial charge in [-0.05, 0) is 23.8 Å². The van der Waals surface area contributed by atoms with E-state index in [2.05, 4.69) is 4.98 Å². The maximum atomic E-state index is 13.9. The number of benzene rings is 2. The molecule has 0 amide bonds. The minimum absolute atomic E-state index is 0.345. The molecule has 0 fully saturated rings. The SMILES string of the molecule is O=Cc1ccc(Cc2ccc3ccccc3n2)c(F)c1. The van der Waals surface area contributed by atoms with E-state index in [1.54, 1.807) is 12.1 Å². The van der Waals surface area contributed by atoms with Crippen LogP contribution in [0.25, 0.3) is 10.9 Å². The third-order valence-electron chi connectivity index (χ3n) is 3.24. The molecule has 0 atom stereocenters. The van der Waals surface area contributed by atoms with Crippen molar-refractivity contribution in [2.45, 2.75) is 6.42 Å². The van der Waals surface area contributed by atoms with Crippen molar-refractivity contribution in [2.75, 3.05) is 0 Å². The Balaban J connectivity index is 1.94. The van der Waals surface area contributed by atoms with Crippen molar-refractivity contribution in [1.29, 1.82) is 0 Å². The molecule has 0 aliphatic heterocycles. The van der Waals surface area contributed by atoms with E-state index in [0.717, 1.165) is 16.6 Å². The van der Waals surface area contributed by atoms with E-state index >= 15 is 0 Å². The number of nitrogens with zero attached hydrogens (tertiary/aromatic N) is 1. The third kappa shape index (κ3) is 2.43. The largest absolute Gasteiger partial charge is 0.298 e. The van der Waals surface area contributed by atoms with Gasteiger partial charge in [0.2, 0.25) is 0 Å². The molecule has 0 saturated heterocycles. The summed E-state index contributed by atoms with van der Waals surface area (Å²) in [5.41, 5.74) is 2.59. The van der Waals surface area contributed by atoms with E-state index in [1.165, 1.54) is 6.07 Å². The molecule has 0 saturated carbocycles. The van der Waals surface area contributed by atoms with Crippen molar-refractivity contribution >= 4 is 17.2 Å². The van der Waals surface area contributed by atoms with Gasteiger partial charge in [-0.1, -0.05) is 36.4 Å². The number of pyridine rings is 1. The lowest BCUT2D eigenvalue weighted by atomic mass is 10.1. The zero-order valence-electron chi connectivity index (χ0n) is 10.7. The van der Waals surface area contributed by atoms with Gasteiger partial charge >= 0.3 is 0 Å². The normalized spacial score (nSPS) is 10.7. The minimum atomic E-state index is -0.371. The highest BCUT2D eigenvalue weighted by Crippen LogP contribution is 2.17. The van der Waals surface area contributed by atoms with E-state index < -0.39 is 0 Å². The van der Waals surface area contributed by atoms with Gasteiger partial charge in [-0.25, -0.2) is 4.39 Å². The molecule has 1 heterocycles. The monoisotopic (exact) mass is 265 g/mol. The maximum absolute atomic E-state index is 13.9. The number of halogens is 1. The Bertz CT molecular complexity index is 783. The van der Waals surface area contributed by atoms with Crippen LogP contribution < -0.4 is 0 Å². The number of hydrogen-bond acceptors (Lipinski definition) is 2. The summed E-state index contributed by atoms with van der Waals surface area (Å²) in [6, 6.07) is 16.2. The van der Waals surface area contributed by atoms with E-state index in [0.29, 0.717) is 23.8 Å². The van der Waals surface area contributed by atoms with Gasteiger partial charge < -0.3 is 0 Å². The third-order valence-corrected chi connectivity index (χ3v) is 3.24. The van der Waals surface area contributed by atoms with Crippen LogP contribution in [0, 0.1) is 5.82 Å². The number of aldehydes is 1. The molecule has 0 aliphatic rings. The van der Waals surface area contributed by atoms with Gasteiger partial charge in [0.1, 0.15) is 12.1 Å². The highest BCUT2D eigenvalue weighted by Gasteiger charge is 2.06. The summed E-state index contributed by atoms with van der Waals surface area (Å²) in [6.45, 7) is 0. The van der Waals surface area contributed by atoms with Gasteiger partial charge in [-0.2, -0.15) is 0 Å². The summed E-state index contributed by atoms with van der Waals surface area (Å²) in [6.07, 6.45) is 1.05. The van der Waals surface area contributed by atoms with Gasteiger partial charge in [0.25, 0.3) is 0 Å². The highest BCUT2D eigenvalue weighted by atomic mass is 19.1. The number of hydrogen-bond donors (Lipinski definition) is 0.